The van der Waals surface area contributed by atoms with Crippen molar-refractivity contribution in [3.05, 3.63) is 42.1 Å². The Morgan fingerprint density at radius 2 is 1.85 bits per heavy atom. The summed E-state index contributed by atoms with van der Waals surface area (Å²) in [6.07, 6.45) is 1.87. The Morgan fingerprint density at radius 1 is 1.05 bits per heavy atom. The van der Waals surface area contributed by atoms with Crippen LogP contribution < -0.4 is 5.32 Å². The number of rotatable bonds is 6. The minimum atomic E-state index is 0.543. The molecule has 1 aromatic heterocycles. The van der Waals surface area contributed by atoms with Gasteiger partial charge in [0.1, 0.15) is 0 Å². The van der Waals surface area contributed by atoms with E-state index in [-0.39, 0.29) is 0 Å². The van der Waals surface area contributed by atoms with Gasteiger partial charge in [0.25, 0.3) is 0 Å². The van der Waals surface area contributed by atoms with Gasteiger partial charge in [0.2, 0.25) is 0 Å². The predicted octanol–water partition coefficient (Wildman–Crippen LogP) is 4.22. The van der Waals surface area contributed by atoms with E-state index in [1.54, 1.807) is 0 Å². The minimum Gasteiger partial charge on any atom is -0.316 e. The largest absolute Gasteiger partial charge is 0.316 e. The van der Waals surface area contributed by atoms with Crippen molar-refractivity contribution < 1.29 is 0 Å². The van der Waals surface area contributed by atoms with Crippen LogP contribution in [0.15, 0.2) is 36.5 Å². The fourth-order valence-corrected chi connectivity index (χ4v) is 2.47. The van der Waals surface area contributed by atoms with Crippen LogP contribution in [-0.4, -0.2) is 18.1 Å². The van der Waals surface area contributed by atoms with Crippen molar-refractivity contribution >= 4 is 10.9 Å². The lowest BCUT2D eigenvalue weighted by Crippen LogP contribution is -2.27. The van der Waals surface area contributed by atoms with Gasteiger partial charge in [-0.3, -0.25) is 4.98 Å². The van der Waals surface area contributed by atoms with Gasteiger partial charge in [-0.1, -0.05) is 45.9 Å². The van der Waals surface area contributed by atoms with Crippen LogP contribution in [-0.2, 0) is 0 Å². The van der Waals surface area contributed by atoms with E-state index in [0.717, 1.165) is 18.6 Å². The molecule has 0 fully saturated rings. The van der Waals surface area contributed by atoms with E-state index in [1.807, 2.05) is 12.3 Å². The molecule has 108 valence electrons. The topological polar surface area (TPSA) is 24.9 Å². The minimum absolute atomic E-state index is 0.543. The zero-order valence-corrected chi connectivity index (χ0v) is 13.1. The second-order valence-corrected chi connectivity index (χ2v) is 6.27. The Bertz CT molecular complexity index is 548. The molecule has 0 amide bonds. The molecular weight excluding hydrogens is 244 g/mol. The molecule has 0 spiro atoms. The monoisotopic (exact) mass is 270 g/mol. The summed E-state index contributed by atoms with van der Waals surface area (Å²) < 4.78 is 0. The lowest BCUT2D eigenvalue weighted by Gasteiger charge is -2.21. The van der Waals surface area contributed by atoms with Crippen LogP contribution in [0.5, 0.6) is 0 Å². The number of nitrogens with zero attached hydrogens (tertiary/aromatic N) is 1. The van der Waals surface area contributed by atoms with Crippen LogP contribution in [0.25, 0.3) is 10.9 Å². The van der Waals surface area contributed by atoms with E-state index in [2.05, 4.69) is 62.3 Å². The molecule has 2 heteroatoms. The maximum Gasteiger partial charge on any atom is 0.0704 e. The summed E-state index contributed by atoms with van der Waals surface area (Å²) in [5.41, 5.74) is 2.48. The molecule has 0 saturated carbocycles. The Balaban J connectivity index is 2.04. The molecule has 2 rings (SSSR count). The first kappa shape index (κ1) is 15.0. The summed E-state index contributed by atoms with van der Waals surface area (Å²) in [7, 11) is 0. The lowest BCUT2D eigenvalue weighted by molar-refractivity contribution is 0.428. The van der Waals surface area contributed by atoms with Gasteiger partial charge in [-0.15, -0.1) is 0 Å². The molecule has 1 N–H and O–H groups in total. The summed E-state index contributed by atoms with van der Waals surface area (Å²) in [5.74, 6) is 1.87. The first-order valence-electron chi connectivity index (χ1n) is 7.63. The summed E-state index contributed by atoms with van der Waals surface area (Å²) in [6.45, 7) is 11.3. The predicted molar refractivity (Wildman–Crippen MR) is 87.0 cm³/mol. The molecule has 0 bridgehead atoms. The van der Waals surface area contributed by atoms with Gasteiger partial charge < -0.3 is 5.32 Å². The molecule has 2 aromatic rings. The second-order valence-electron chi connectivity index (χ2n) is 6.27. The Hall–Kier alpha value is -1.41. The standard InChI is InChI=1S/C18H26N2/c1-13(2)11-19-12-14(3)15(4)17-8-7-16-6-5-9-20-18(16)10-17/h5-10,13-15,19H,11-12H2,1-4H3. The van der Waals surface area contributed by atoms with Gasteiger partial charge in [-0.2, -0.15) is 0 Å². The van der Waals surface area contributed by atoms with E-state index >= 15 is 0 Å². The molecule has 2 atom stereocenters. The third-order valence-corrected chi connectivity index (χ3v) is 4.03. The number of pyridine rings is 1. The van der Waals surface area contributed by atoms with Crippen molar-refractivity contribution in [1.82, 2.24) is 10.3 Å². The van der Waals surface area contributed by atoms with Gasteiger partial charge in [0, 0.05) is 11.6 Å². The summed E-state index contributed by atoms with van der Waals surface area (Å²) >= 11 is 0. The van der Waals surface area contributed by atoms with Crippen molar-refractivity contribution in [3.63, 3.8) is 0 Å². The molecule has 2 unspecified atom stereocenters. The SMILES string of the molecule is CC(C)CNCC(C)C(C)c1ccc2cccnc2c1. The fourth-order valence-electron chi connectivity index (χ4n) is 2.47. The molecule has 0 saturated heterocycles. The van der Waals surface area contributed by atoms with E-state index in [0.29, 0.717) is 17.8 Å². The van der Waals surface area contributed by atoms with Gasteiger partial charge in [0.15, 0.2) is 0 Å². The lowest BCUT2D eigenvalue weighted by atomic mass is 9.88. The molecule has 1 heterocycles. The summed E-state index contributed by atoms with van der Waals surface area (Å²) in [4.78, 5) is 4.45. The zero-order valence-electron chi connectivity index (χ0n) is 13.1. The van der Waals surface area contributed by atoms with Crippen molar-refractivity contribution in [2.75, 3.05) is 13.1 Å². The van der Waals surface area contributed by atoms with Gasteiger partial charge in [-0.05, 0) is 48.5 Å². The molecule has 0 aliphatic carbocycles. The highest BCUT2D eigenvalue weighted by molar-refractivity contribution is 5.78. The number of hydrogen-bond acceptors (Lipinski definition) is 2. The molecule has 0 radical (unpaired) electrons. The average Bonchev–Trinajstić information content (AvgIpc) is 2.45. The Labute approximate surface area is 122 Å². The van der Waals surface area contributed by atoms with E-state index < -0.39 is 0 Å². The highest BCUT2D eigenvalue weighted by atomic mass is 14.9. The van der Waals surface area contributed by atoms with Gasteiger partial charge in [0.05, 0.1) is 5.52 Å². The van der Waals surface area contributed by atoms with Crippen LogP contribution in [0.3, 0.4) is 0 Å². The van der Waals surface area contributed by atoms with Gasteiger partial charge in [-0.25, -0.2) is 0 Å². The van der Waals surface area contributed by atoms with Crippen molar-refractivity contribution in [3.8, 4) is 0 Å². The van der Waals surface area contributed by atoms with Gasteiger partial charge >= 0.3 is 0 Å². The number of hydrogen-bond donors (Lipinski definition) is 1. The highest BCUT2D eigenvalue weighted by Crippen LogP contribution is 2.26. The van der Waals surface area contributed by atoms with Crippen LogP contribution in [0.4, 0.5) is 0 Å². The maximum absolute atomic E-state index is 4.45. The van der Waals surface area contributed by atoms with Crippen LogP contribution in [0.1, 0.15) is 39.2 Å². The Morgan fingerprint density at radius 3 is 2.60 bits per heavy atom. The average molecular weight is 270 g/mol. The second kappa shape index (κ2) is 6.85. The molecular formula is C18H26N2. The highest BCUT2D eigenvalue weighted by Gasteiger charge is 2.14. The first-order valence-corrected chi connectivity index (χ1v) is 7.63. The fraction of sp³-hybridized carbons (Fsp3) is 0.500. The third-order valence-electron chi connectivity index (χ3n) is 4.03. The molecule has 20 heavy (non-hydrogen) atoms. The summed E-state index contributed by atoms with van der Waals surface area (Å²) in [5, 5.41) is 4.77. The van der Waals surface area contributed by atoms with E-state index in [9.17, 15) is 0 Å². The maximum atomic E-state index is 4.45. The number of aromatic nitrogens is 1. The number of benzene rings is 1. The van der Waals surface area contributed by atoms with Crippen molar-refractivity contribution in [2.24, 2.45) is 11.8 Å². The summed E-state index contributed by atoms with van der Waals surface area (Å²) in [6, 6.07) is 10.8. The molecule has 0 aliphatic rings. The van der Waals surface area contributed by atoms with Crippen molar-refractivity contribution in [1.29, 1.82) is 0 Å². The Kier molecular flexibility index (Phi) is 5.13. The number of fused-ring (bicyclic) bond motifs is 1. The molecule has 0 aliphatic heterocycles. The number of nitrogens with one attached hydrogen (secondary N) is 1. The smallest absolute Gasteiger partial charge is 0.0704 e. The third kappa shape index (κ3) is 3.80. The normalized spacial score (nSPS) is 14.7. The van der Waals surface area contributed by atoms with Crippen LogP contribution in [0.2, 0.25) is 0 Å². The van der Waals surface area contributed by atoms with Crippen LogP contribution in [0, 0.1) is 11.8 Å². The van der Waals surface area contributed by atoms with Crippen LogP contribution >= 0.6 is 0 Å². The molecule has 1 aromatic carbocycles. The van der Waals surface area contributed by atoms with E-state index in [4.69, 9.17) is 0 Å². The quantitative estimate of drug-likeness (QED) is 0.850. The zero-order chi connectivity index (χ0) is 14.5. The molecule has 2 nitrogen and oxygen atoms in total. The first-order chi connectivity index (χ1) is 9.58. The van der Waals surface area contributed by atoms with Crippen molar-refractivity contribution in [2.45, 2.75) is 33.6 Å². The van der Waals surface area contributed by atoms with E-state index in [1.165, 1.54) is 10.9 Å².